The number of benzene rings is 1. The smallest absolute Gasteiger partial charge is 0.269 e. The number of nitrogens with one attached hydrogen (secondary N) is 2. The molecule has 2 aliphatic rings. The number of carbonyl (C=O) groups is 1. The predicted molar refractivity (Wildman–Crippen MR) is 102 cm³/mol. The molecule has 0 radical (unpaired) electrons. The highest BCUT2D eigenvalue weighted by atomic mass is 16.6. The van der Waals surface area contributed by atoms with E-state index in [0.717, 1.165) is 50.5 Å². The number of guanidine groups is 1. The van der Waals surface area contributed by atoms with Crippen LogP contribution >= 0.6 is 0 Å². The van der Waals surface area contributed by atoms with Crippen LogP contribution in [0, 0.1) is 10.1 Å². The van der Waals surface area contributed by atoms with Crippen LogP contribution in [-0.4, -0.2) is 72.4 Å². The lowest BCUT2D eigenvalue weighted by molar-refractivity contribution is -0.384. The summed E-state index contributed by atoms with van der Waals surface area (Å²) in [5, 5.41) is 17.2. The summed E-state index contributed by atoms with van der Waals surface area (Å²) in [6, 6.07) is 6.98. The average Bonchev–Trinajstić information content (AvgIpc) is 3.47. The van der Waals surface area contributed by atoms with Gasteiger partial charge in [-0.15, -0.1) is 0 Å². The molecule has 0 atom stereocenters. The first-order chi connectivity index (χ1) is 13.0. The molecule has 2 N–H and O–H groups in total. The number of nitrogens with zero attached hydrogens (tertiary/aromatic N) is 4. The van der Waals surface area contributed by atoms with Crippen LogP contribution in [0.3, 0.4) is 0 Å². The standard InChI is InChI=1S/C18H26N6O3/c1-19-18(20-12-14-3-2-4-16(11-14)24(26)27)23-9-7-22(8-10-23)13-17(25)21-15-5-6-15/h2-4,11,15H,5-10,12-13H2,1H3,(H,19,20)(H,21,25). The molecule has 0 spiro atoms. The van der Waals surface area contributed by atoms with Gasteiger partial charge in [-0.1, -0.05) is 12.1 Å². The maximum Gasteiger partial charge on any atom is 0.269 e. The van der Waals surface area contributed by atoms with Gasteiger partial charge in [0.25, 0.3) is 5.69 Å². The van der Waals surface area contributed by atoms with Gasteiger partial charge in [0.15, 0.2) is 5.96 Å². The Kier molecular flexibility index (Phi) is 6.23. The minimum absolute atomic E-state index is 0.0855. The summed E-state index contributed by atoms with van der Waals surface area (Å²) in [4.78, 5) is 31.0. The third kappa shape index (κ3) is 5.65. The number of nitro benzene ring substituents is 1. The van der Waals surface area contributed by atoms with Gasteiger partial charge in [-0.3, -0.25) is 24.8 Å². The van der Waals surface area contributed by atoms with Gasteiger partial charge in [-0.25, -0.2) is 0 Å². The first kappa shape index (κ1) is 19.1. The molecule has 1 saturated carbocycles. The summed E-state index contributed by atoms with van der Waals surface area (Å²) in [5.41, 5.74) is 0.920. The highest BCUT2D eigenvalue weighted by Gasteiger charge is 2.25. The van der Waals surface area contributed by atoms with Gasteiger partial charge in [0, 0.05) is 57.9 Å². The largest absolute Gasteiger partial charge is 0.352 e. The quantitative estimate of drug-likeness (QED) is 0.327. The van der Waals surface area contributed by atoms with E-state index < -0.39 is 4.92 Å². The van der Waals surface area contributed by atoms with E-state index in [1.807, 2.05) is 6.07 Å². The Balaban J connectivity index is 1.45. The van der Waals surface area contributed by atoms with Gasteiger partial charge in [0.2, 0.25) is 5.91 Å². The number of rotatable bonds is 6. The molecule has 0 unspecified atom stereocenters. The van der Waals surface area contributed by atoms with Crippen molar-refractivity contribution < 1.29 is 9.72 Å². The van der Waals surface area contributed by atoms with Crippen LogP contribution in [0.1, 0.15) is 18.4 Å². The number of hydrogen-bond donors (Lipinski definition) is 2. The van der Waals surface area contributed by atoms with Crippen LogP contribution in [-0.2, 0) is 11.3 Å². The Morgan fingerprint density at radius 1 is 1.30 bits per heavy atom. The van der Waals surface area contributed by atoms with Crippen LogP contribution in [0.15, 0.2) is 29.3 Å². The van der Waals surface area contributed by atoms with Crippen molar-refractivity contribution in [3.05, 3.63) is 39.9 Å². The lowest BCUT2D eigenvalue weighted by Crippen LogP contribution is -2.54. The third-order valence-electron chi connectivity index (χ3n) is 4.77. The van der Waals surface area contributed by atoms with E-state index in [1.54, 1.807) is 19.2 Å². The second-order valence-electron chi connectivity index (χ2n) is 6.93. The number of piperazine rings is 1. The molecule has 3 rings (SSSR count). The topological polar surface area (TPSA) is 103 Å². The Hall–Kier alpha value is -2.68. The van der Waals surface area contributed by atoms with Crippen LogP contribution in [0.5, 0.6) is 0 Å². The fourth-order valence-corrected chi connectivity index (χ4v) is 3.12. The molecule has 0 aromatic heterocycles. The Labute approximate surface area is 158 Å². The van der Waals surface area contributed by atoms with E-state index in [4.69, 9.17) is 0 Å². The fourth-order valence-electron chi connectivity index (χ4n) is 3.12. The summed E-state index contributed by atoms with van der Waals surface area (Å²) in [6.45, 7) is 4.09. The summed E-state index contributed by atoms with van der Waals surface area (Å²) in [6.07, 6.45) is 2.21. The molecular formula is C18H26N6O3. The van der Waals surface area contributed by atoms with Crippen molar-refractivity contribution in [2.75, 3.05) is 39.8 Å². The molecule has 1 aliphatic heterocycles. The molecule has 27 heavy (non-hydrogen) atoms. The van der Waals surface area contributed by atoms with Gasteiger partial charge in [-0.05, 0) is 18.4 Å². The molecule has 1 aromatic carbocycles. The third-order valence-corrected chi connectivity index (χ3v) is 4.77. The van der Waals surface area contributed by atoms with Crippen LogP contribution in [0.25, 0.3) is 0 Å². The first-order valence-electron chi connectivity index (χ1n) is 9.26. The maximum absolute atomic E-state index is 11.9. The SMILES string of the molecule is CN=C(NCc1cccc([N+](=O)[O-])c1)N1CCN(CC(=O)NC2CC2)CC1. The summed E-state index contributed by atoms with van der Waals surface area (Å²) < 4.78 is 0. The first-order valence-corrected chi connectivity index (χ1v) is 9.26. The molecular weight excluding hydrogens is 348 g/mol. The van der Waals surface area contributed by atoms with Crippen LogP contribution in [0.4, 0.5) is 5.69 Å². The van der Waals surface area contributed by atoms with E-state index >= 15 is 0 Å². The zero-order valence-corrected chi connectivity index (χ0v) is 15.6. The Morgan fingerprint density at radius 3 is 2.67 bits per heavy atom. The van der Waals surface area contributed by atoms with Crippen molar-refractivity contribution in [2.24, 2.45) is 4.99 Å². The minimum atomic E-state index is -0.392. The summed E-state index contributed by atoms with van der Waals surface area (Å²) in [7, 11) is 1.73. The van der Waals surface area contributed by atoms with E-state index in [1.165, 1.54) is 6.07 Å². The van der Waals surface area contributed by atoms with Gasteiger partial charge in [0.1, 0.15) is 0 Å². The second kappa shape index (κ2) is 8.81. The summed E-state index contributed by atoms with van der Waals surface area (Å²) in [5.74, 6) is 0.878. The number of carbonyl (C=O) groups excluding carboxylic acids is 1. The van der Waals surface area contributed by atoms with Crippen LogP contribution < -0.4 is 10.6 Å². The second-order valence-corrected chi connectivity index (χ2v) is 6.93. The zero-order valence-electron chi connectivity index (χ0n) is 15.6. The van der Waals surface area contributed by atoms with Crippen molar-refractivity contribution in [3.8, 4) is 0 Å². The van der Waals surface area contributed by atoms with Crippen molar-refractivity contribution in [1.29, 1.82) is 0 Å². The highest BCUT2D eigenvalue weighted by Crippen LogP contribution is 2.18. The molecule has 0 bridgehead atoms. The van der Waals surface area contributed by atoms with Crippen molar-refractivity contribution in [3.63, 3.8) is 0 Å². The van der Waals surface area contributed by atoms with Gasteiger partial charge in [0.05, 0.1) is 11.5 Å². The zero-order chi connectivity index (χ0) is 19.2. The number of amides is 1. The maximum atomic E-state index is 11.9. The lowest BCUT2D eigenvalue weighted by atomic mass is 10.2. The molecule has 9 nitrogen and oxygen atoms in total. The van der Waals surface area contributed by atoms with E-state index in [-0.39, 0.29) is 11.6 Å². The average molecular weight is 374 g/mol. The fraction of sp³-hybridized carbons (Fsp3) is 0.556. The molecule has 1 amide bonds. The van der Waals surface area contributed by atoms with E-state index in [2.05, 4.69) is 25.4 Å². The number of aliphatic imine (C=N–C) groups is 1. The van der Waals surface area contributed by atoms with E-state index in [9.17, 15) is 14.9 Å². The highest BCUT2D eigenvalue weighted by molar-refractivity contribution is 5.80. The number of nitro groups is 1. The number of hydrogen-bond acceptors (Lipinski definition) is 5. The summed E-state index contributed by atoms with van der Waals surface area (Å²) >= 11 is 0. The minimum Gasteiger partial charge on any atom is -0.352 e. The Bertz CT molecular complexity index is 711. The van der Waals surface area contributed by atoms with Gasteiger partial charge in [-0.2, -0.15) is 0 Å². The molecule has 2 fully saturated rings. The van der Waals surface area contributed by atoms with Crippen molar-refractivity contribution in [1.82, 2.24) is 20.4 Å². The van der Waals surface area contributed by atoms with Crippen molar-refractivity contribution in [2.45, 2.75) is 25.4 Å². The molecule has 1 aromatic rings. The molecule has 146 valence electrons. The molecule has 1 aliphatic carbocycles. The Morgan fingerprint density at radius 2 is 2.04 bits per heavy atom. The van der Waals surface area contributed by atoms with Crippen molar-refractivity contribution >= 4 is 17.6 Å². The lowest BCUT2D eigenvalue weighted by Gasteiger charge is -2.36. The normalized spacial score (nSPS) is 18.3. The number of non-ortho nitro benzene ring substituents is 1. The van der Waals surface area contributed by atoms with Gasteiger partial charge >= 0.3 is 0 Å². The van der Waals surface area contributed by atoms with Crippen LogP contribution in [0.2, 0.25) is 0 Å². The molecule has 1 saturated heterocycles. The molecule has 9 heteroatoms. The predicted octanol–water partition coefficient (Wildman–Crippen LogP) is 0.566. The molecule has 1 heterocycles. The monoisotopic (exact) mass is 374 g/mol. The van der Waals surface area contributed by atoms with Gasteiger partial charge < -0.3 is 15.5 Å². The van der Waals surface area contributed by atoms with E-state index in [0.29, 0.717) is 19.1 Å².